The summed E-state index contributed by atoms with van der Waals surface area (Å²) in [6.45, 7) is 0. The molecule has 0 aliphatic rings. The monoisotopic (exact) mass is 258 g/mol. The lowest BCUT2D eigenvalue weighted by atomic mass is 10.1. The van der Waals surface area contributed by atoms with Crippen LogP contribution in [0.5, 0.6) is 5.75 Å². The van der Waals surface area contributed by atoms with Gasteiger partial charge in [-0.05, 0) is 40.4 Å². The Morgan fingerprint density at radius 3 is 2.67 bits per heavy atom. The number of ether oxygens (including phenoxy) is 1. The Hall–Kier alpha value is -2.07. The van der Waals surface area contributed by atoms with Gasteiger partial charge in [0.2, 0.25) is 0 Å². The number of hydrogen-bond acceptors (Lipinski definition) is 3. The molecule has 4 heteroatoms. The fraction of sp³-hybridized carbons (Fsp3) is 0.0714. The number of methoxy groups -OCH3 is 1. The number of carboxylic acids is 1. The van der Waals surface area contributed by atoms with Gasteiger partial charge in [0, 0.05) is 4.70 Å². The van der Waals surface area contributed by atoms with Crippen LogP contribution < -0.4 is 4.74 Å². The van der Waals surface area contributed by atoms with Crippen LogP contribution in [-0.4, -0.2) is 18.2 Å². The zero-order chi connectivity index (χ0) is 12.7. The third kappa shape index (κ3) is 1.62. The van der Waals surface area contributed by atoms with E-state index in [1.807, 2.05) is 30.3 Å². The van der Waals surface area contributed by atoms with E-state index in [0.717, 1.165) is 26.6 Å². The van der Waals surface area contributed by atoms with E-state index < -0.39 is 5.97 Å². The molecule has 1 aromatic heterocycles. The molecule has 2 aromatic carbocycles. The number of rotatable bonds is 2. The molecule has 0 atom stereocenters. The maximum Gasteiger partial charge on any atom is 0.345 e. The van der Waals surface area contributed by atoms with Crippen LogP contribution in [0.2, 0.25) is 0 Å². The molecular weight excluding hydrogens is 248 g/mol. The number of aromatic carboxylic acids is 1. The predicted molar refractivity (Wildman–Crippen MR) is 72.8 cm³/mol. The zero-order valence-corrected chi connectivity index (χ0v) is 10.5. The quantitative estimate of drug-likeness (QED) is 0.761. The maximum absolute atomic E-state index is 11.0. The van der Waals surface area contributed by atoms with E-state index in [4.69, 9.17) is 9.84 Å². The standard InChI is InChI=1S/C14H10O3S/c1-17-10-4-5-11-8(6-10)2-3-9-7-12(14(15)16)18-13(9)11/h2-7H,1H3,(H,15,16). The molecule has 0 saturated heterocycles. The molecule has 18 heavy (non-hydrogen) atoms. The molecule has 3 nitrogen and oxygen atoms in total. The molecule has 0 bridgehead atoms. The molecule has 1 N–H and O–H groups in total. The van der Waals surface area contributed by atoms with Crippen molar-refractivity contribution in [2.24, 2.45) is 0 Å². The van der Waals surface area contributed by atoms with Crippen molar-refractivity contribution in [1.29, 1.82) is 0 Å². The molecule has 1 heterocycles. The molecule has 0 radical (unpaired) electrons. The molecule has 0 amide bonds. The van der Waals surface area contributed by atoms with E-state index in [1.54, 1.807) is 13.2 Å². The van der Waals surface area contributed by atoms with Gasteiger partial charge in [-0.25, -0.2) is 4.79 Å². The Morgan fingerprint density at radius 2 is 1.94 bits per heavy atom. The summed E-state index contributed by atoms with van der Waals surface area (Å²) in [6, 6.07) is 11.5. The first kappa shape index (κ1) is 11.0. The Balaban J connectivity index is 2.34. The van der Waals surface area contributed by atoms with Gasteiger partial charge in [0.15, 0.2) is 0 Å². The Bertz CT molecular complexity index is 758. The fourth-order valence-corrected chi connectivity index (χ4v) is 3.07. The third-order valence-electron chi connectivity index (χ3n) is 2.92. The van der Waals surface area contributed by atoms with Crippen molar-refractivity contribution < 1.29 is 14.6 Å². The number of carboxylic acid groups (broad SMARTS) is 1. The van der Waals surface area contributed by atoms with Crippen LogP contribution >= 0.6 is 11.3 Å². The molecule has 0 fully saturated rings. The molecular formula is C14H10O3S. The predicted octanol–water partition coefficient (Wildman–Crippen LogP) is 3.76. The van der Waals surface area contributed by atoms with E-state index in [9.17, 15) is 4.79 Å². The second-order valence-electron chi connectivity index (χ2n) is 3.99. The minimum Gasteiger partial charge on any atom is -0.497 e. The van der Waals surface area contributed by atoms with Crippen molar-refractivity contribution in [2.45, 2.75) is 0 Å². The van der Waals surface area contributed by atoms with E-state index >= 15 is 0 Å². The molecule has 0 spiro atoms. The number of thiophene rings is 1. The first-order chi connectivity index (χ1) is 8.69. The zero-order valence-electron chi connectivity index (χ0n) is 9.64. The van der Waals surface area contributed by atoms with Crippen LogP contribution in [0.25, 0.3) is 20.9 Å². The highest BCUT2D eigenvalue weighted by Gasteiger charge is 2.10. The number of fused-ring (bicyclic) bond motifs is 3. The highest BCUT2D eigenvalue weighted by Crippen LogP contribution is 2.34. The normalized spacial score (nSPS) is 10.9. The van der Waals surface area contributed by atoms with E-state index in [2.05, 4.69) is 0 Å². The van der Waals surface area contributed by atoms with Crippen molar-refractivity contribution in [3.8, 4) is 5.75 Å². The largest absolute Gasteiger partial charge is 0.497 e. The van der Waals surface area contributed by atoms with Crippen LogP contribution in [-0.2, 0) is 0 Å². The highest BCUT2D eigenvalue weighted by molar-refractivity contribution is 7.21. The summed E-state index contributed by atoms with van der Waals surface area (Å²) in [5.41, 5.74) is 0. The lowest BCUT2D eigenvalue weighted by Gasteiger charge is -2.03. The minimum absolute atomic E-state index is 0.369. The van der Waals surface area contributed by atoms with Crippen LogP contribution in [0, 0.1) is 0 Å². The Labute approximate surface area is 107 Å². The summed E-state index contributed by atoms with van der Waals surface area (Å²) in [4.78, 5) is 11.4. The van der Waals surface area contributed by atoms with Gasteiger partial charge < -0.3 is 9.84 Å². The van der Waals surface area contributed by atoms with E-state index in [1.165, 1.54) is 11.3 Å². The highest BCUT2D eigenvalue weighted by atomic mass is 32.1. The summed E-state index contributed by atoms with van der Waals surface area (Å²) >= 11 is 1.31. The molecule has 3 aromatic rings. The minimum atomic E-state index is -0.877. The van der Waals surface area contributed by atoms with Gasteiger partial charge >= 0.3 is 5.97 Å². The maximum atomic E-state index is 11.0. The van der Waals surface area contributed by atoms with Crippen molar-refractivity contribution in [2.75, 3.05) is 7.11 Å². The van der Waals surface area contributed by atoms with Gasteiger partial charge in [0.25, 0.3) is 0 Å². The van der Waals surface area contributed by atoms with Crippen molar-refractivity contribution in [3.63, 3.8) is 0 Å². The molecule has 0 aliphatic carbocycles. The fourth-order valence-electron chi connectivity index (χ4n) is 2.04. The van der Waals surface area contributed by atoms with Crippen molar-refractivity contribution in [1.82, 2.24) is 0 Å². The number of benzene rings is 2. The van der Waals surface area contributed by atoms with E-state index in [-0.39, 0.29) is 0 Å². The van der Waals surface area contributed by atoms with Crippen molar-refractivity contribution >= 4 is 38.2 Å². The summed E-state index contributed by atoms with van der Waals surface area (Å²) in [5, 5.41) is 12.1. The molecule has 0 unspecified atom stereocenters. The lowest BCUT2D eigenvalue weighted by molar-refractivity contribution is 0.0702. The van der Waals surface area contributed by atoms with Crippen LogP contribution in [0.1, 0.15) is 9.67 Å². The average molecular weight is 258 g/mol. The Morgan fingerprint density at radius 1 is 1.17 bits per heavy atom. The second kappa shape index (κ2) is 3.99. The van der Waals surface area contributed by atoms with E-state index in [0.29, 0.717) is 4.88 Å². The van der Waals surface area contributed by atoms with Gasteiger partial charge in [-0.15, -0.1) is 11.3 Å². The average Bonchev–Trinajstić information content (AvgIpc) is 2.82. The lowest BCUT2D eigenvalue weighted by Crippen LogP contribution is -1.89. The summed E-state index contributed by atoms with van der Waals surface area (Å²) in [7, 11) is 1.63. The summed E-state index contributed by atoms with van der Waals surface area (Å²) < 4.78 is 6.19. The summed E-state index contributed by atoms with van der Waals surface area (Å²) in [6.07, 6.45) is 0. The van der Waals surface area contributed by atoms with Gasteiger partial charge in [0.05, 0.1) is 7.11 Å². The number of hydrogen-bond donors (Lipinski definition) is 1. The van der Waals surface area contributed by atoms with Gasteiger partial charge in [-0.1, -0.05) is 12.1 Å². The first-order valence-electron chi connectivity index (χ1n) is 5.42. The van der Waals surface area contributed by atoms with Gasteiger partial charge in [0.1, 0.15) is 10.6 Å². The smallest absolute Gasteiger partial charge is 0.345 e. The SMILES string of the molecule is COc1ccc2c(ccc3cc(C(=O)O)sc32)c1. The molecule has 90 valence electrons. The molecule has 3 rings (SSSR count). The van der Waals surface area contributed by atoms with Gasteiger partial charge in [-0.2, -0.15) is 0 Å². The van der Waals surface area contributed by atoms with Gasteiger partial charge in [-0.3, -0.25) is 0 Å². The Kier molecular flexibility index (Phi) is 2.45. The molecule has 0 saturated carbocycles. The topological polar surface area (TPSA) is 46.5 Å². The molecule has 0 aliphatic heterocycles. The van der Waals surface area contributed by atoms with Crippen molar-refractivity contribution in [3.05, 3.63) is 41.3 Å². The summed E-state index contributed by atoms with van der Waals surface area (Å²) in [5.74, 6) is -0.0743. The van der Waals surface area contributed by atoms with Crippen LogP contribution in [0.3, 0.4) is 0 Å². The van der Waals surface area contributed by atoms with Crippen LogP contribution in [0.4, 0.5) is 0 Å². The second-order valence-corrected chi connectivity index (χ2v) is 5.04. The number of carbonyl (C=O) groups is 1. The first-order valence-corrected chi connectivity index (χ1v) is 6.24. The van der Waals surface area contributed by atoms with Crippen LogP contribution in [0.15, 0.2) is 36.4 Å². The third-order valence-corrected chi connectivity index (χ3v) is 4.09.